The van der Waals surface area contributed by atoms with Crippen molar-refractivity contribution in [2.75, 3.05) is 13.1 Å². The molecule has 1 aliphatic heterocycles. The fourth-order valence-electron chi connectivity index (χ4n) is 6.76. The van der Waals surface area contributed by atoms with Crippen LogP contribution in [0.25, 0.3) is 16.7 Å². The third-order valence-corrected chi connectivity index (χ3v) is 9.68. The Kier molecular flexibility index (Phi) is 16.0. The normalized spacial score (nSPS) is 15.1. The molecule has 0 radical (unpaired) electrons. The minimum absolute atomic E-state index is 0.152. The zero-order valence-electron chi connectivity index (χ0n) is 30.4. The number of rotatable bonds is 18. The second-order valence-corrected chi connectivity index (χ2v) is 14.3. The van der Waals surface area contributed by atoms with Gasteiger partial charge in [-0.3, -0.25) is 4.79 Å². The number of hydrogen-bond acceptors (Lipinski definition) is 5. The molecule has 2 aromatic heterocycles. The lowest BCUT2D eigenvalue weighted by Gasteiger charge is -2.30. The Balaban J connectivity index is 1.35. The third-order valence-electron chi connectivity index (χ3n) is 9.22. The van der Waals surface area contributed by atoms with Crippen molar-refractivity contribution in [1.29, 1.82) is 0 Å². The molecule has 1 aromatic carbocycles. The Morgan fingerprint density at radius 3 is 2.08 bits per heavy atom. The average molecular weight is 730 g/mol. The minimum Gasteiger partial charge on any atom is -0.456 e. The van der Waals surface area contributed by atoms with Gasteiger partial charge in [0.25, 0.3) is 0 Å². The lowest BCUT2D eigenvalue weighted by Crippen LogP contribution is -2.33. The molecule has 4 rings (SSSR count). The molecule has 0 saturated carbocycles. The number of carbonyl (C=O) groups is 1. The van der Waals surface area contributed by atoms with E-state index in [1.807, 2.05) is 6.92 Å². The van der Waals surface area contributed by atoms with Gasteiger partial charge >= 0.3 is 5.97 Å². The van der Waals surface area contributed by atoms with E-state index in [1.165, 1.54) is 25.7 Å². The highest BCUT2D eigenvalue weighted by atomic mass is 79.9. The molecule has 264 valence electrons. The minimum atomic E-state index is -0.406. The largest absolute Gasteiger partial charge is 0.456 e. The number of ether oxygens (including phenoxy) is 1. The van der Waals surface area contributed by atoms with E-state index < -0.39 is 6.10 Å². The molecule has 1 N–H and O–H groups in total. The maximum atomic E-state index is 13.3. The summed E-state index contributed by atoms with van der Waals surface area (Å²) < 4.78 is 9.63. The highest BCUT2D eigenvalue weighted by molar-refractivity contribution is 9.10. The topological polar surface area (TPSA) is 69.0 Å². The molecule has 1 aliphatic rings. The molecule has 1 unspecified atom stereocenters. The fraction of sp³-hybridized carbons (Fsp3) is 0.500. The number of aryl methyl sites for hydroxylation is 4. The monoisotopic (exact) mass is 728 g/mol. The zero-order valence-corrected chi connectivity index (χ0v) is 32.0. The number of fused-ring (bicyclic) bond motifs is 1. The van der Waals surface area contributed by atoms with Gasteiger partial charge in [-0.25, -0.2) is 9.97 Å². The van der Waals surface area contributed by atoms with E-state index in [1.54, 1.807) is 0 Å². The summed E-state index contributed by atoms with van der Waals surface area (Å²) in [6.45, 7) is 12.4. The van der Waals surface area contributed by atoms with Gasteiger partial charge in [0.05, 0.1) is 11.4 Å². The molecule has 1 atom stereocenters. The van der Waals surface area contributed by atoms with Gasteiger partial charge in [0.1, 0.15) is 17.6 Å². The number of nitrogens with zero attached hydrogens (tertiary/aromatic N) is 3. The van der Waals surface area contributed by atoms with Crippen molar-refractivity contribution >= 4 is 32.9 Å². The molecule has 0 spiro atoms. The number of carbonyl (C=O) groups excluding carboxylic acids is 1. The van der Waals surface area contributed by atoms with Crippen LogP contribution in [0.4, 0.5) is 0 Å². The average Bonchev–Trinajstić information content (AvgIpc) is 3.39. The van der Waals surface area contributed by atoms with Crippen LogP contribution in [0.2, 0.25) is 0 Å². The van der Waals surface area contributed by atoms with Crippen molar-refractivity contribution in [3.8, 4) is 5.69 Å². The molecule has 1 fully saturated rings. The molecule has 0 amide bonds. The van der Waals surface area contributed by atoms with Crippen molar-refractivity contribution in [1.82, 2.24) is 19.9 Å². The van der Waals surface area contributed by atoms with Crippen molar-refractivity contribution in [3.05, 3.63) is 99.6 Å². The van der Waals surface area contributed by atoms with Crippen LogP contribution < -0.4 is 5.32 Å². The van der Waals surface area contributed by atoms with Crippen molar-refractivity contribution in [3.63, 3.8) is 0 Å². The Bertz CT molecular complexity index is 1600. The third kappa shape index (κ3) is 11.6. The maximum Gasteiger partial charge on any atom is 0.306 e. The SMILES string of the molecule is CCCCCC=CCC=CCC=CCC=CCCCC(=O)OC(c1nc(C)nc2c1c(C)cn2-c1c(C)cc(Br)cc1C)C1CCNCC1. The zero-order chi connectivity index (χ0) is 35.0. The molecular formula is C42H57BrN4O2. The van der Waals surface area contributed by atoms with Crippen molar-refractivity contribution < 1.29 is 9.53 Å². The number of benzene rings is 1. The van der Waals surface area contributed by atoms with Gasteiger partial charge < -0.3 is 14.6 Å². The molecule has 7 heteroatoms. The van der Waals surface area contributed by atoms with Crippen molar-refractivity contribution in [2.24, 2.45) is 5.92 Å². The number of unbranched alkanes of at least 4 members (excludes halogenated alkanes) is 4. The van der Waals surface area contributed by atoms with Crippen LogP contribution in [0.15, 0.2) is 71.4 Å². The Morgan fingerprint density at radius 1 is 0.878 bits per heavy atom. The van der Waals surface area contributed by atoms with Crippen LogP contribution in [-0.2, 0) is 9.53 Å². The number of nitrogens with one attached hydrogen (secondary N) is 1. The van der Waals surface area contributed by atoms with Gasteiger partial charge in [-0.2, -0.15) is 0 Å². The van der Waals surface area contributed by atoms with E-state index in [0.29, 0.717) is 12.2 Å². The van der Waals surface area contributed by atoms with E-state index in [4.69, 9.17) is 14.7 Å². The van der Waals surface area contributed by atoms with E-state index >= 15 is 0 Å². The summed E-state index contributed by atoms with van der Waals surface area (Å²) in [6.07, 6.45) is 31.5. The summed E-state index contributed by atoms with van der Waals surface area (Å²) in [6, 6.07) is 4.28. The Morgan fingerprint density at radius 2 is 1.47 bits per heavy atom. The summed E-state index contributed by atoms with van der Waals surface area (Å²) in [4.78, 5) is 23.3. The lowest BCUT2D eigenvalue weighted by atomic mass is 9.88. The van der Waals surface area contributed by atoms with Gasteiger partial charge in [0.2, 0.25) is 0 Å². The van der Waals surface area contributed by atoms with Crippen LogP contribution >= 0.6 is 15.9 Å². The molecule has 3 heterocycles. The molecule has 6 nitrogen and oxygen atoms in total. The lowest BCUT2D eigenvalue weighted by molar-refractivity contribution is -0.153. The van der Waals surface area contributed by atoms with E-state index in [-0.39, 0.29) is 11.9 Å². The van der Waals surface area contributed by atoms with Crippen LogP contribution in [0, 0.1) is 33.6 Å². The number of halogens is 1. The molecule has 3 aromatic rings. The smallest absolute Gasteiger partial charge is 0.306 e. The maximum absolute atomic E-state index is 13.3. The number of aromatic nitrogens is 3. The summed E-state index contributed by atoms with van der Waals surface area (Å²) in [7, 11) is 0. The number of esters is 1. The first-order chi connectivity index (χ1) is 23.8. The van der Waals surface area contributed by atoms with Crippen LogP contribution in [-0.4, -0.2) is 33.6 Å². The molecular weight excluding hydrogens is 672 g/mol. The molecule has 0 bridgehead atoms. The van der Waals surface area contributed by atoms with Crippen molar-refractivity contribution in [2.45, 2.75) is 118 Å². The fourth-order valence-corrected chi connectivity index (χ4v) is 7.45. The number of hydrogen-bond donors (Lipinski definition) is 1. The molecule has 0 aliphatic carbocycles. The predicted molar refractivity (Wildman–Crippen MR) is 208 cm³/mol. The van der Waals surface area contributed by atoms with Gasteiger partial charge in [0, 0.05) is 28.4 Å². The first-order valence-electron chi connectivity index (χ1n) is 18.4. The summed E-state index contributed by atoms with van der Waals surface area (Å²) in [5, 5.41) is 4.46. The predicted octanol–water partition coefficient (Wildman–Crippen LogP) is 11.1. The van der Waals surface area contributed by atoms with Gasteiger partial charge in [-0.15, -0.1) is 0 Å². The first-order valence-corrected chi connectivity index (χ1v) is 19.2. The highest BCUT2D eigenvalue weighted by Crippen LogP contribution is 2.38. The standard InChI is InChI=1S/C42H57BrN4O2/c1-6-7-8-9-10-11-12-13-14-15-16-17-18-19-20-21-22-23-37(48)49-41(35-24-26-44-27-25-35)39-38-33(4)30-47(42(38)46-34(5)45-39)40-31(2)28-36(43)29-32(40)3/h10-11,13-14,16-17,19-20,28-30,35,41,44H,6-9,12,15,18,21-27H2,1-5H3. The van der Waals surface area contributed by atoms with E-state index in [9.17, 15) is 4.79 Å². The highest BCUT2D eigenvalue weighted by Gasteiger charge is 2.33. The van der Waals surface area contributed by atoms with Gasteiger partial charge in [-0.05, 0) is 127 Å². The van der Waals surface area contributed by atoms with Gasteiger partial charge in [-0.1, -0.05) is 84.3 Å². The van der Waals surface area contributed by atoms with E-state index in [0.717, 1.165) is 102 Å². The quantitative estimate of drug-likeness (QED) is 0.0802. The number of piperidine rings is 1. The molecule has 1 saturated heterocycles. The van der Waals surface area contributed by atoms with E-state index in [2.05, 4.69) is 120 Å². The van der Waals surface area contributed by atoms with Crippen LogP contribution in [0.5, 0.6) is 0 Å². The summed E-state index contributed by atoms with van der Waals surface area (Å²) in [5.74, 6) is 0.737. The Hall–Kier alpha value is -3.29. The molecule has 49 heavy (non-hydrogen) atoms. The number of allylic oxidation sites excluding steroid dienone is 8. The van der Waals surface area contributed by atoms with Crippen LogP contribution in [0.1, 0.15) is 118 Å². The second-order valence-electron chi connectivity index (χ2n) is 13.4. The van der Waals surface area contributed by atoms with Crippen LogP contribution in [0.3, 0.4) is 0 Å². The first kappa shape index (κ1) is 38.5. The summed E-state index contributed by atoms with van der Waals surface area (Å²) in [5.41, 5.74) is 6.24. The summed E-state index contributed by atoms with van der Waals surface area (Å²) >= 11 is 3.64. The second kappa shape index (κ2) is 20.4. The van der Waals surface area contributed by atoms with Gasteiger partial charge in [0.15, 0.2) is 0 Å². The Labute approximate surface area is 303 Å².